The number of rotatable bonds is 5. The number of amides is 2. The van der Waals surface area contributed by atoms with Crippen LogP contribution in [0.5, 0.6) is 11.5 Å². The molecule has 0 bridgehead atoms. The minimum absolute atomic E-state index is 0.0633. The van der Waals surface area contributed by atoms with E-state index >= 15 is 0 Å². The first-order chi connectivity index (χ1) is 15.0. The molecule has 0 aliphatic carbocycles. The average molecular weight is 448 g/mol. The Kier molecular flexibility index (Phi) is 6.67. The van der Waals surface area contributed by atoms with E-state index in [1.165, 1.54) is 0 Å². The first-order valence-corrected chi connectivity index (χ1v) is 10.8. The third-order valence-corrected chi connectivity index (χ3v) is 5.68. The van der Waals surface area contributed by atoms with Crippen molar-refractivity contribution in [3.8, 4) is 11.5 Å². The molecule has 8 nitrogen and oxygen atoms in total. The number of benzene rings is 1. The molecule has 9 heteroatoms. The number of nitrogens with zero attached hydrogens (tertiary/aromatic N) is 1. The number of fused-ring (bicyclic) bond motifs is 1. The number of anilines is 1. The molecule has 2 aliphatic heterocycles. The van der Waals surface area contributed by atoms with Crippen LogP contribution in [0.25, 0.3) is 0 Å². The summed E-state index contributed by atoms with van der Waals surface area (Å²) < 4.78 is 16.6. The number of hydrogen-bond acceptors (Lipinski definition) is 6. The number of likely N-dealkylation sites (tertiary alicyclic amines) is 1. The lowest BCUT2D eigenvalue weighted by atomic mass is 10.0. The number of halogens is 1. The van der Waals surface area contributed by atoms with Gasteiger partial charge < -0.3 is 24.5 Å². The molecule has 0 saturated carbocycles. The van der Waals surface area contributed by atoms with E-state index in [4.69, 9.17) is 25.5 Å². The van der Waals surface area contributed by atoms with Gasteiger partial charge >= 0.3 is 0 Å². The molecule has 1 aromatic heterocycles. The van der Waals surface area contributed by atoms with E-state index in [9.17, 15) is 9.59 Å². The summed E-state index contributed by atoms with van der Waals surface area (Å²) in [4.78, 5) is 26.8. The lowest BCUT2D eigenvalue weighted by Gasteiger charge is -2.31. The maximum atomic E-state index is 12.5. The number of hydrogen-bond donors (Lipinski definition) is 2. The first-order valence-electron chi connectivity index (χ1n) is 10.5. The van der Waals surface area contributed by atoms with Crippen molar-refractivity contribution in [2.24, 2.45) is 0 Å². The molecule has 1 fully saturated rings. The molecular weight excluding hydrogens is 422 g/mol. The molecule has 2 aliphatic rings. The van der Waals surface area contributed by atoms with Gasteiger partial charge in [-0.3, -0.25) is 14.5 Å². The average Bonchev–Trinajstić information content (AvgIpc) is 3.05. The molecule has 2 aromatic rings. The summed E-state index contributed by atoms with van der Waals surface area (Å²) in [5.74, 6) is 1.86. The molecule has 4 rings (SSSR count). The van der Waals surface area contributed by atoms with Gasteiger partial charge in [-0.05, 0) is 31.9 Å². The Balaban J connectivity index is 1.26. The predicted molar refractivity (Wildman–Crippen MR) is 116 cm³/mol. The van der Waals surface area contributed by atoms with Crippen LogP contribution < -0.4 is 20.1 Å². The van der Waals surface area contributed by atoms with E-state index in [2.05, 4.69) is 15.5 Å². The molecule has 0 radical (unpaired) electrons. The fraction of sp³-hybridized carbons (Fsp3) is 0.455. The SMILES string of the molecule is Cc1ccc(C(=O)NC2CCN(CC(=O)Nc3cc4c(cc3Cl)OCCCO4)CC2)o1. The summed E-state index contributed by atoms with van der Waals surface area (Å²) in [6, 6.07) is 6.89. The lowest BCUT2D eigenvalue weighted by Crippen LogP contribution is -2.46. The van der Waals surface area contributed by atoms with Gasteiger partial charge in [0, 0.05) is 37.7 Å². The summed E-state index contributed by atoms with van der Waals surface area (Å²) >= 11 is 6.31. The minimum atomic E-state index is -0.201. The molecule has 2 amide bonds. The van der Waals surface area contributed by atoms with Gasteiger partial charge in [0.15, 0.2) is 17.3 Å². The van der Waals surface area contributed by atoms with Crippen molar-refractivity contribution >= 4 is 29.1 Å². The topological polar surface area (TPSA) is 93.0 Å². The van der Waals surface area contributed by atoms with Gasteiger partial charge in [0.2, 0.25) is 5.91 Å². The number of piperidine rings is 1. The van der Waals surface area contributed by atoms with E-state index in [-0.39, 0.29) is 24.4 Å². The van der Waals surface area contributed by atoms with E-state index in [0.29, 0.717) is 60.0 Å². The summed E-state index contributed by atoms with van der Waals surface area (Å²) in [5, 5.41) is 6.28. The van der Waals surface area contributed by atoms with Crippen molar-refractivity contribution in [1.82, 2.24) is 10.2 Å². The van der Waals surface area contributed by atoms with E-state index in [1.54, 1.807) is 31.2 Å². The second-order valence-corrected chi connectivity index (χ2v) is 8.22. The van der Waals surface area contributed by atoms with Crippen LogP contribution in [0.1, 0.15) is 35.6 Å². The smallest absolute Gasteiger partial charge is 0.287 e. The van der Waals surface area contributed by atoms with Crippen LogP contribution >= 0.6 is 11.6 Å². The minimum Gasteiger partial charge on any atom is -0.490 e. The van der Waals surface area contributed by atoms with Gasteiger partial charge in [0.25, 0.3) is 5.91 Å². The van der Waals surface area contributed by atoms with Gasteiger partial charge in [-0.25, -0.2) is 0 Å². The molecule has 2 N–H and O–H groups in total. The molecule has 0 unspecified atom stereocenters. The van der Waals surface area contributed by atoms with Crippen molar-refractivity contribution in [2.75, 3.05) is 38.2 Å². The third-order valence-electron chi connectivity index (χ3n) is 5.37. The lowest BCUT2D eigenvalue weighted by molar-refractivity contribution is -0.117. The molecular formula is C22H26ClN3O5. The summed E-state index contributed by atoms with van der Waals surface area (Å²) in [5.41, 5.74) is 0.506. The van der Waals surface area contributed by atoms with Crippen molar-refractivity contribution in [1.29, 1.82) is 0 Å². The zero-order chi connectivity index (χ0) is 21.8. The largest absolute Gasteiger partial charge is 0.490 e. The second kappa shape index (κ2) is 9.62. The Labute approximate surface area is 185 Å². The van der Waals surface area contributed by atoms with E-state index in [0.717, 1.165) is 19.3 Å². The molecule has 1 saturated heterocycles. The van der Waals surface area contributed by atoms with Crippen LogP contribution in [0, 0.1) is 6.92 Å². The highest BCUT2D eigenvalue weighted by atomic mass is 35.5. The van der Waals surface area contributed by atoms with Crippen LogP contribution in [0.3, 0.4) is 0 Å². The number of aryl methyl sites for hydroxylation is 1. The fourth-order valence-corrected chi connectivity index (χ4v) is 3.92. The zero-order valence-corrected chi connectivity index (χ0v) is 18.2. The maximum absolute atomic E-state index is 12.5. The zero-order valence-electron chi connectivity index (χ0n) is 17.4. The summed E-state index contributed by atoms with van der Waals surface area (Å²) in [6.45, 7) is 4.62. The Morgan fingerprint density at radius 3 is 2.52 bits per heavy atom. The normalized spacial score (nSPS) is 17.1. The standard InChI is InChI=1S/C22H26ClN3O5/c1-14-3-4-18(31-14)22(28)24-15-5-7-26(8-6-15)13-21(27)25-17-12-20-19(11-16(17)23)29-9-2-10-30-20/h3-4,11-12,15H,2,5-10,13H2,1H3,(H,24,28)(H,25,27). The van der Waals surface area contributed by atoms with Gasteiger partial charge in [0.1, 0.15) is 5.76 Å². The first kappa shape index (κ1) is 21.5. The number of furan rings is 1. The quantitative estimate of drug-likeness (QED) is 0.731. The highest BCUT2D eigenvalue weighted by molar-refractivity contribution is 6.34. The number of nitrogens with one attached hydrogen (secondary N) is 2. The fourth-order valence-electron chi connectivity index (χ4n) is 3.72. The van der Waals surface area contributed by atoms with Gasteiger partial charge in [-0.1, -0.05) is 11.6 Å². The van der Waals surface area contributed by atoms with Gasteiger partial charge in [0.05, 0.1) is 30.5 Å². The number of carbonyl (C=O) groups is 2. The van der Waals surface area contributed by atoms with Gasteiger partial charge in [-0.2, -0.15) is 0 Å². The highest BCUT2D eigenvalue weighted by Gasteiger charge is 2.24. The molecule has 3 heterocycles. The van der Waals surface area contributed by atoms with E-state index in [1.807, 2.05) is 0 Å². The predicted octanol–water partition coefficient (Wildman–Crippen LogP) is 3.24. The Morgan fingerprint density at radius 1 is 1.13 bits per heavy atom. The van der Waals surface area contributed by atoms with Crippen LogP contribution in [-0.4, -0.2) is 55.6 Å². The van der Waals surface area contributed by atoms with E-state index < -0.39 is 0 Å². The van der Waals surface area contributed by atoms with Crippen molar-refractivity contribution < 1.29 is 23.5 Å². The Bertz CT molecular complexity index is 953. The van der Waals surface area contributed by atoms with Crippen molar-refractivity contribution in [3.05, 3.63) is 40.8 Å². The molecule has 0 spiro atoms. The van der Waals surface area contributed by atoms with Crippen molar-refractivity contribution in [3.63, 3.8) is 0 Å². The summed E-state index contributed by atoms with van der Waals surface area (Å²) in [7, 11) is 0. The molecule has 1 aromatic carbocycles. The second-order valence-electron chi connectivity index (χ2n) is 7.81. The molecule has 0 atom stereocenters. The van der Waals surface area contributed by atoms with Crippen molar-refractivity contribution in [2.45, 2.75) is 32.2 Å². The van der Waals surface area contributed by atoms with Gasteiger partial charge in [-0.15, -0.1) is 0 Å². The third kappa shape index (κ3) is 5.51. The Morgan fingerprint density at radius 2 is 1.84 bits per heavy atom. The molecule has 166 valence electrons. The highest BCUT2D eigenvalue weighted by Crippen LogP contribution is 2.37. The van der Waals surface area contributed by atoms with Crippen LogP contribution in [0.15, 0.2) is 28.7 Å². The van der Waals surface area contributed by atoms with Crippen LogP contribution in [0.4, 0.5) is 5.69 Å². The van der Waals surface area contributed by atoms with Crippen LogP contribution in [-0.2, 0) is 4.79 Å². The summed E-state index contributed by atoms with van der Waals surface area (Å²) in [6.07, 6.45) is 2.33. The monoisotopic (exact) mass is 447 g/mol. The number of ether oxygens (including phenoxy) is 2. The van der Waals surface area contributed by atoms with Crippen LogP contribution in [0.2, 0.25) is 5.02 Å². The number of carbonyl (C=O) groups excluding carboxylic acids is 2. The maximum Gasteiger partial charge on any atom is 0.287 e. The molecule has 31 heavy (non-hydrogen) atoms. The Hall–Kier alpha value is -2.71.